The van der Waals surface area contributed by atoms with Crippen molar-refractivity contribution in [2.45, 2.75) is 4.90 Å². The molecule has 0 atom stereocenters. The van der Waals surface area contributed by atoms with Crippen LogP contribution in [0.4, 0.5) is 5.69 Å². The number of halogens is 1. The standard InChI is InChI=1S/C9H9BrN4O2S/c10-7-1-3-8(4-2-7)13-14-17(15,16)9-5-11-12-6-9/h1-6,13-14H,(H,11,12). The summed E-state index contributed by atoms with van der Waals surface area (Å²) in [5.41, 5.74) is 3.24. The number of hydrogen-bond donors (Lipinski definition) is 3. The van der Waals surface area contributed by atoms with Crippen molar-refractivity contribution in [1.82, 2.24) is 15.0 Å². The van der Waals surface area contributed by atoms with E-state index in [0.29, 0.717) is 5.69 Å². The molecule has 0 bridgehead atoms. The van der Waals surface area contributed by atoms with E-state index in [-0.39, 0.29) is 4.90 Å². The molecule has 1 aromatic heterocycles. The van der Waals surface area contributed by atoms with Crippen LogP contribution in [0.15, 0.2) is 46.0 Å². The molecule has 0 radical (unpaired) electrons. The molecule has 0 unspecified atom stereocenters. The number of H-pyrrole nitrogens is 1. The summed E-state index contributed by atoms with van der Waals surface area (Å²) in [5.74, 6) is 0. The predicted octanol–water partition coefficient (Wildman–Crippen LogP) is 1.48. The van der Waals surface area contributed by atoms with Crippen LogP contribution in [-0.4, -0.2) is 18.6 Å². The fraction of sp³-hybridized carbons (Fsp3) is 0. The van der Waals surface area contributed by atoms with Crippen LogP contribution in [0, 0.1) is 0 Å². The summed E-state index contributed by atoms with van der Waals surface area (Å²) in [6, 6.07) is 7.08. The number of rotatable bonds is 4. The minimum absolute atomic E-state index is 0.0714. The number of aromatic amines is 1. The molecule has 0 aliphatic heterocycles. The molecule has 2 rings (SSSR count). The topological polar surface area (TPSA) is 86.9 Å². The number of nitrogens with one attached hydrogen (secondary N) is 3. The van der Waals surface area contributed by atoms with Gasteiger partial charge in [-0.3, -0.25) is 5.10 Å². The summed E-state index contributed by atoms with van der Waals surface area (Å²) in [6.45, 7) is 0. The quantitative estimate of drug-likeness (QED) is 0.746. The summed E-state index contributed by atoms with van der Waals surface area (Å²) in [6.07, 6.45) is 2.52. The average molecular weight is 317 g/mol. The molecule has 0 aliphatic carbocycles. The molecule has 90 valence electrons. The fourth-order valence-electron chi connectivity index (χ4n) is 1.10. The number of aromatic nitrogens is 2. The van der Waals surface area contributed by atoms with Crippen LogP contribution in [-0.2, 0) is 10.0 Å². The molecular weight excluding hydrogens is 308 g/mol. The van der Waals surface area contributed by atoms with Gasteiger partial charge in [-0.05, 0) is 24.3 Å². The second-order valence-electron chi connectivity index (χ2n) is 3.17. The van der Waals surface area contributed by atoms with Gasteiger partial charge in [0.2, 0.25) is 0 Å². The molecule has 1 heterocycles. The Morgan fingerprint density at radius 3 is 2.53 bits per heavy atom. The Hall–Kier alpha value is -1.38. The maximum atomic E-state index is 11.7. The third-order valence-electron chi connectivity index (χ3n) is 1.96. The van der Waals surface area contributed by atoms with Gasteiger partial charge < -0.3 is 5.43 Å². The number of hydrazine groups is 1. The zero-order valence-electron chi connectivity index (χ0n) is 8.51. The zero-order valence-corrected chi connectivity index (χ0v) is 10.9. The smallest absolute Gasteiger partial charge is 0.260 e. The van der Waals surface area contributed by atoms with E-state index in [2.05, 4.69) is 36.4 Å². The van der Waals surface area contributed by atoms with Crippen molar-refractivity contribution in [2.75, 3.05) is 5.43 Å². The van der Waals surface area contributed by atoms with Crippen molar-refractivity contribution in [3.8, 4) is 0 Å². The monoisotopic (exact) mass is 316 g/mol. The van der Waals surface area contributed by atoms with Crippen molar-refractivity contribution in [1.29, 1.82) is 0 Å². The Bertz CT molecular complexity index is 580. The van der Waals surface area contributed by atoms with Crippen LogP contribution in [0.2, 0.25) is 0 Å². The van der Waals surface area contributed by atoms with Crippen molar-refractivity contribution in [3.63, 3.8) is 0 Å². The molecule has 0 aliphatic rings. The lowest BCUT2D eigenvalue weighted by atomic mass is 10.3. The molecule has 0 saturated carbocycles. The molecule has 3 N–H and O–H groups in total. The first-order chi connectivity index (χ1) is 8.08. The van der Waals surface area contributed by atoms with Crippen LogP contribution in [0.3, 0.4) is 0 Å². The molecule has 6 nitrogen and oxygen atoms in total. The van der Waals surface area contributed by atoms with Crippen molar-refractivity contribution < 1.29 is 8.42 Å². The van der Waals surface area contributed by atoms with Gasteiger partial charge in [0.1, 0.15) is 4.90 Å². The largest absolute Gasteiger partial charge is 0.308 e. The van der Waals surface area contributed by atoms with Gasteiger partial charge in [0, 0.05) is 16.4 Å². The number of sulfonamides is 1. The molecule has 0 fully saturated rings. The van der Waals surface area contributed by atoms with Crippen LogP contribution in [0.25, 0.3) is 0 Å². The SMILES string of the molecule is O=S(=O)(NNc1ccc(Br)cc1)c1cn[nH]c1. The lowest BCUT2D eigenvalue weighted by Gasteiger charge is -2.07. The normalized spacial score (nSPS) is 11.4. The van der Waals surface area contributed by atoms with Crippen molar-refractivity contribution >= 4 is 31.6 Å². The highest BCUT2D eigenvalue weighted by Gasteiger charge is 2.14. The molecule has 0 spiro atoms. The predicted molar refractivity (Wildman–Crippen MR) is 66.7 cm³/mol. The van der Waals surface area contributed by atoms with Gasteiger partial charge >= 0.3 is 0 Å². The summed E-state index contributed by atoms with van der Waals surface area (Å²) >= 11 is 3.29. The maximum absolute atomic E-state index is 11.7. The van der Waals surface area contributed by atoms with E-state index in [1.54, 1.807) is 24.3 Å². The first-order valence-electron chi connectivity index (χ1n) is 4.60. The maximum Gasteiger partial charge on any atom is 0.260 e. The van der Waals surface area contributed by atoms with E-state index in [1.165, 1.54) is 12.4 Å². The highest BCUT2D eigenvalue weighted by atomic mass is 79.9. The van der Waals surface area contributed by atoms with Gasteiger partial charge in [-0.15, -0.1) is 4.83 Å². The highest BCUT2D eigenvalue weighted by Crippen LogP contribution is 2.14. The Kier molecular flexibility index (Phi) is 3.46. The average Bonchev–Trinajstić information content (AvgIpc) is 2.82. The van der Waals surface area contributed by atoms with Gasteiger partial charge in [-0.2, -0.15) is 5.10 Å². The van der Waals surface area contributed by atoms with Crippen molar-refractivity contribution in [3.05, 3.63) is 41.1 Å². The summed E-state index contributed by atoms with van der Waals surface area (Å²) in [5, 5.41) is 6.02. The summed E-state index contributed by atoms with van der Waals surface area (Å²) in [4.78, 5) is 2.32. The van der Waals surface area contributed by atoms with E-state index in [1.807, 2.05) is 0 Å². The van der Waals surface area contributed by atoms with E-state index >= 15 is 0 Å². The van der Waals surface area contributed by atoms with Gasteiger partial charge in [0.15, 0.2) is 0 Å². The van der Waals surface area contributed by atoms with Crippen molar-refractivity contribution in [2.24, 2.45) is 0 Å². The molecule has 8 heteroatoms. The second-order valence-corrected chi connectivity index (χ2v) is 5.77. The van der Waals surface area contributed by atoms with Crippen LogP contribution in [0.1, 0.15) is 0 Å². The number of nitrogens with zero attached hydrogens (tertiary/aromatic N) is 1. The number of anilines is 1. The molecule has 0 saturated heterocycles. The minimum atomic E-state index is -3.59. The van der Waals surface area contributed by atoms with Crippen LogP contribution in [0.5, 0.6) is 0 Å². The van der Waals surface area contributed by atoms with Gasteiger partial charge in [-0.25, -0.2) is 8.42 Å². The van der Waals surface area contributed by atoms with Crippen LogP contribution < -0.4 is 10.3 Å². The van der Waals surface area contributed by atoms with E-state index in [0.717, 1.165) is 4.47 Å². The van der Waals surface area contributed by atoms with Crippen LogP contribution >= 0.6 is 15.9 Å². The molecule has 0 amide bonds. The fourth-order valence-corrected chi connectivity index (χ4v) is 2.14. The van der Waals surface area contributed by atoms with Gasteiger partial charge in [0.25, 0.3) is 10.0 Å². The molecule has 1 aromatic carbocycles. The first kappa shape index (κ1) is 12.1. The third-order valence-corrected chi connectivity index (χ3v) is 3.70. The Morgan fingerprint density at radius 2 is 1.94 bits per heavy atom. The first-order valence-corrected chi connectivity index (χ1v) is 6.88. The zero-order chi connectivity index (χ0) is 12.3. The van der Waals surface area contributed by atoms with Gasteiger partial charge in [0.05, 0.1) is 6.20 Å². The van der Waals surface area contributed by atoms with E-state index in [4.69, 9.17) is 0 Å². The van der Waals surface area contributed by atoms with E-state index in [9.17, 15) is 8.42 Å². The highest BCUT2D eigenvalue weighted by molar-refractivity contribution is 9.10. The second kappa shape index (κ2) is 4.86. The molecule has 17 heavy (non-hydrogen) atoms. The Morgan fingerprint density at radius 1 is 1.24 bits per heavy atom. The minimum Gasteiger partial charge on any atom is -0.308 e. The number of hydrogen-bond acceptors (Lipinski definition) is 4. The van der Waals surface area contributed by atoms with E-state index < -0.39 is 10.0 Å². The molecule has 2 aromatic rings. The Balaban J connectivity index is 2.06. The summed E-state index contributed by atoms with van der Waals surface area (Å²) in [7, 11) is -3.59. The third kappa shape index (κ3) is 3.05. The lowest BCUT2D eigenvalue weighted by Crippen LogP contribution is -2.29. The lowest BCUT2D eigenvalue weighted by molar-refractivity contribution is 0.588. The Labute approximate surface area is 107 Å². The number of benzene rings is 1. The summed E-state index contributed by atoms with van der Waals surface area (Å²) < 4.78 is 24.3. The molecular formula is C9H9BrN4O2S. The van der Waals surface area contributed by atoms with Gasteiger partial charge in [-0.1, -0.05) is 15.9 Å².